The van der Waals surface area contributed by atoms with Crippen LogP contribution in [0.15, 0.2) is 24.3 Å². The van der Waals surface area contributed by atoms with Crippen LogP contribution in [-0.2, 0) is 4.79 Å². The van der Waals surface area contributed by atoms with Gasteiger partial charge < -0.3 is 10.2 Å². The largest absolute Gasteiger partial charge is 0.326 e. The van der Waals surface area contributed by atoms with Crippen molar-refractivity contribution < 1.29 is 4.79 Å². The summed E-state index contributed by atoms with van der Waals surface area (Å²) in [7, 11) is 0. The Hall–Kier alpha value is -1.00. The number of hydrogen-bond donors (Lipinski definition) is 1. The van der Waals surface area contributed by atoms with Gasteiger partial charge in [0.25, 0.3) is 0 Å². The van der Waals surface area contributed by atoms with E-state index in [1.807, 2.05) is 43.0 Å². The van der Waals surface area contributed by atoms with Gasteiger partial charge in [-0.3, -0.25) is 4.79 Å². The minimum atomic E-state index is 0.118. The van der Waals surface area contributed by atoms with Gasteiger partial charge in [-0.2, -0.15) is 11.8 Å². The maximum atomic E-state index is 12.0. The summed E-state index contributed by atoms with van der Waals surface area (Å²) in [6.45, 7) is 5.19. The number of rotatable bonds is 6. The molecule has 0 bridgehead atoms. The van der Waals surface area contributed by atoms with Crippen molar-refractivity contribution in [3.05, 3.63) is 29.8 Å². The molecule has 1 heterocycles. The molecule has 1 aromatic carbocycles. The maximum absolute atomic E-state index is 12.0. The van der Waals surface area contributed by atoms with Crippen LogP contribution in [0.1, 0.15) is 18.4 Å². The molecule has 3 nitrogen and oxygen atoms in total. The van der Waals surface area contributed by atoms with Crippen molar-refractivity contribution in [3.63, 3.8) is 0 Å². The zero-order valence-electron chi connectivity index (χ0n) is 12.4. The predicted molar refractivity (Wildman–Crippen MR) is 87.4 cm³/mol. The molecule has 0 aliphatic carbocycles. The summed E-state index contributed by atoms with van der Waals surface area (Å²) in [5.41, 5.74) is 2.04. The quantitative estimate of drug-likeness (QED) is 0.875. The third-order valence-corrected chi connectivity index (χ3v) is 4.65. The van der Waals surface area contributed by atoms with E-state index in [0.717, 1.165) is 36.8 Å². The molecule has 1 atom stereocenters. The van der Waals surface area contributed by atoms with Gasteiger partial charge in [-0.05, 0) is 49.4 Å². The van der Waals surface area contributed by atoms with E-state index in [1.54, 1.807) is 0 Å². The molecule has 4 heteroatoms. The summed E-state index contributed by atoms with van der Waals surface area (Å²) in [4.78, 5) is 14.4. The Morgan fingerprint density at radius 2 is 2.25 bits per heavy atom. The highest BCUT2D eigenvalue weighted by atomic mass is 32.2. The second-order valence-electron chi connectivity index (χ2n) is 5.52. The van der Waals surface area contributed by atoms with Crippen molar-refractivity contribution in [2.45, 2.75) is 19.8 Å². The zero-order valence-corrected chi connectivity index (χ0v) is 13.2. The smallest absolute Gasteiger partial charge is 0.225 e. The summed E-state index contributed by atoms with van der Waals surface area (Å²) in [5, 5.41) is 3.00. The van der Waals surface area contributed by atoms with Crippen molar-refractivity contribution in [2.24, 2.45) is 5.92 Å². The fraction of sp³-hybridized carbons (Fsp3) is 0.562. The van der Waals surface area contributed by atoms with Crippen molar-refractivity contribution in [1.29, 1.82) is 0 Å². The van der Waals surface area contributed by atoms with E-state index < -0.39 is 0 Å². The average molecular weight is 292 g/mol. The Bertz CT molecular complexity index is 450. The maximum Gasteiger partial charge on any atom is 0.225 e. The number of thioether (sulfide) groups is 1. The lowest BCUT2D eigenvalue weighted by Gasteiger charge is -2.15. The molecule has 0 unspecified atom stereocenters. The third-order valence-electron chi connectivity index (χ3n) is 3.85. The Morgan fingerprint density at radius 1 is 1.45 bits per heavy atom. The molecular weight excluding hydrogens is 268 g/mol. The van der Waals surface area contributed by atoms with E-state index in [1.165, 1.54) is 12.2 Å². The van der Waals surface area contributed by atoms with Crippen molar-refractivity contribution >= 4 is 23.4 Å². The highest BCUT2D eigenvalue weighted by molar-refractivity contribution is 7.98. The molecule has 1 fully saturated rings. The monoisotopic (exact) mass is 292 g/mol. The summed E-state index contributed by atoms with van der Waals surface area (Å²) in [5.74, 6) is 2.17. The first-order valence-electron chi connectivity index (χ1n) is 7.26. The fourth-order valence-corrected chi connectivity index (χ4v) is 3.42. The Kier molecular flexibility index (Phi) is 5.92. The SMILES string of the molecule is CSC[C@@H]1CCN(CCC(=O)Nc2ccccc2C)C1. The normalized spacial score (nSPS) is 19.2. The molecule has 1 amide bonds. The molecule has 1 saturated heterocycles. The zero-order chi connectivity index (χ0) is 14.4. The number of likely N-dealkylation sites (tertiary alicyclic amines) is 1. The van der Waals surface area contributed by atoms with Crippen LogP contribution in [0, 0.1) is 12.8 Å². The van der Waals surface area contributed by atoms with Gasteiger partial charge in [0, 0.05) is 25.2 Å². The number of carbonyl (C=O) groups excluding carboxylic acids is 1. The van der Waals surface area contributed by atoms with Crippen LogP contribution in [-0.4, -0.2) is 42.4 Å². The topological polar surface area (TPSA) is 32.3 Å². The Labute approximate surface area is 126 Å². The Morgan fingerprint density at radius 3 is 3.00 bits per heavy atom. The summed E-state index contributed by atoms with van der Waals surface area (Å²) < 4.78 is 0. The van der Waals surface area contributed by atoms with Gasteiger partial charge in [-0.15, -0.1) is 0 Å². The minimum Gasteiger partial charge on any atom is -0.326 e. The van der Waals surface area contributed by atoms with Gasteiger partial charge in [0.2, 0.25) is 5.91 Å². The summed E-state index contributed by atoms with van der Waals surface area (Å²) in [6.07, 6.45) is 4.03. The van der Waals surface area contributed by atoms with Crippen LogP contribution < -0.4 is 5.32 Å². The highest BCUT2D eigenvalue weighted by Crippen LogP contribution is 2.20. The molecule has 1 N–H and O–H groups in total. The molecule has 2 rings (SSSR count). The number of benzene rings is 1. The number of carbonyl (C=O) groups is 1. The molecular formula is C16H24N2OS. The number of anilines is 1. The van der Waals surface area contributed by atoms with Gasteiger partial charge in [-0.25, -0.2) is 0 Å². The van der Waals surface area contributed by atoms with E-state index >= 15 is 0 Å². The molecule has 0 spiro atoms. The van der Waals surface area contributed by atoms with E-state index in [9.17, 15) is 4.79 Å². The molecule has 0 aromatic heterocycles. The third kappa shape index (κ3) is 4.53. The van der Waals surface area contributed by atoms with Gasteiger partial charge in [-0.1, -0.05) is 18.2 Å². The van der Waals surface area contributed by atoms with Gasteiger partial charge in [0.05, 0.1) is 0 Å². The molecule has 1 aliphatic rings. The molecule has 20 heavy (non-hydrogen) atoms. The van der Waals surface area contributed by atoms with Crippen LogP contribution >= 0.6 is 11.8 Å². The van der Waals surface area contributed by atoms with E-state index in [2.05, 4.69) is 16.5 Å². The van der Waals surface area contributed by atoms with Crippen molar-refractivity contribution in [2.75, 3.05) is 37.0 Å². The van der Waals surface area contributed by atoms with E-state index in [0.29, 0.717) is 6.42 Å². The van der Waals surface area contributed by atoms with E-state index in [-0.39, 0.29) is 5.91 Å². The standard InChI is InChI=1S/C16H24N2OS/c1-13-5-3-4-6-15(13)17-16(19)8-10-18-9-7-14(11-18)12-20-2/h3-6,14H,7-12H2,1-2H3,(H,17,19)/t14-/m1/s1. The first-order chi connectivity index (χ1) is 9.69. The Balaban J connectivity index is 1.72. The molecule has 0 radical (unpaired) electrons. The number of hydrogen-bond acceptors (Lipinski definition) is 3. The fourth-order valence-electron chi connectivity index (χ4n) is 2.67. The van der Waals surface area contributed by atoms with Crippen LogP contribution in [0.25, 0.3) is 0 Å². The highest BCUT2D eigenvalue weighted by Gasteiger charge is 2.22. The average Bonchev–Trinajstić information content (AvgIpc) is 2.87. The number of nitrogens with one attached hydrogen (secondary N) is 1. The second kappa shape index (κ2) is 7.70. The lowest BCUT2D eigenvalue weighted by atomic mass is 10.2. The number of amides is 1. The van der Waals surface area contributed by atoms with Crippen LogP contribution in [0.5, 0.6) is 0 Å². The van der Waals surface area contributed by atoms with Crippen molar-refractivity contribution in [1.82, 2.24) is 4.90 Å². The minimum absolute atomic E-state index is 0.118. The predicted octanol–water partition coefficient (Wildman–Crippen LogP) is 3.01. The van der Waals surface area contributed by atoms with Crippen LogP contribution in [0.4, 0.5) is 5.69 Å². The molecule has 0 saturated carbocycles. The molecule has 1 aliphatic heterocycles. The van der Waals surface area contributed by atoms with Gasteiger partial charge in [0.1, 0.15) is 0 Å². The lowest BCUT2D eigenvalue weighted by Crippen LogP contribution is -2.26. The second-order valence-corrected chi connectivity index (χ2v) is 6.43. The molecule has 1 aromatic rings. The van der Waals surface area contributed by atoms with E-state index in [4.69, 9.17) is 0 Å². The first-order valence-corrected chi connectivity index (χ1v) is 8.65. The van der Waals surface area contributed by atoms with Crippen LogP contribution in [0.2, 0.25) is 0 Å². The summed E-state index contributed by atoms with van der Waals surface area (Å²) in [6, 6.07) is 7.91. The summed E-state index contributed by atoms with van der Waals surface area (Å²) >= 11 is 1.92. The van der Waals surface area contributed by atoms with Crippen molar-refractivity contribution in [3.8, 4) is 0 Å². The molecule has 110 valence electrons. The van der Waals surface area contributed by atoms with Gasteiger partial charge in [0.15, 0.2) is 0 Å². The number of para-hydroxylation sites is 1. The lowest BCUT2D eigenvalue weighted by molar-refractivity contribution is -0.116. The number of aryl methyl sites for hydroxylation is 1. The van der Waals surface area contributed by atoms with Crippen LogP contribution in [0.3, 0.4) is 0 Å². The first kappa shape index (κ1) is 15.4. The number of nitrogens with zero attached hydrogens (tertiary/aromatic N) is 1. The van der Waals surface area contributed by atoms with Gasteiger partial charge >= 0.3 is 0 Å².